The molecule has 2 rings (SSSR count). The molecule has 1 aliphatic heterocycles. The molecule has 0 N–H and O–H groups in total. The van der Waals surface area contributed by atoms with Crippen LogP contribution in [0.4, 0.5) is 5.69 Å². The Bertz CT molecular complexity index is 545. The standard InChI is InChI=1S/C15H19ClN2O2/c1-4-17(3)14(19)12-7-8-18(15(12)20)11-5-6-13(16)10(2)9-11/h5-6,9,12H,4,7-8H2,1-3H3. The fourth-order valence-electron chi connectivity index (χ4n) is 2.38. The predicted octanol–water partition coefficient (Wildman–Crippen LogP) is 2.48. The smallest absolute Gasteiger partial charge is 0.239 e. The summed E-state index contributed by atoms with van der Waals surface area (Å²) in [7, 11) is 1.73. The monoisotopic (exact) mass is 294 g/mol. The van der Waals surface area contributed by atoms with Gasteiger partial charge < -0.3 is 9.80 Å². The van der Waals surface area contributed by atoms with Crippen LogP contribution in [0.15, 0.2) is 18.2 Å². The number of nitrogens with zero attached hydrogens (tertiary/aromatic N) is 2. The summed E-state index contributed by atoms with van der Waals surface area (Å²) in [5.74, 6) is -0.751. The molecule has 1 atom stereocenters. The molecule has 1 fully saturated rings. The van der Waals surface area contributed by atoms with E-state index in [-0.39, 0.29) is 11.8 Å². The second kappa shape index (κ2) is 5.83. The van der Waals surface area contributed by atoms with Crippen LogP contribution >= 0.6 is 11.6 Å². The molecule has 0 spiro atoms. The Morgan fingerprint density at radius 2 is 2.20 bits per heavy atom. The normalized spacial score (nSPS) is 18.5. The number of hydrogen-bond donors (Lipinski definition) is 0. The Morgan fingerprint density at radius 1 is 1.50 bits per heavy atom. The second-order valence-electron chi connectivity index (χ2n) is 5.12. The molecule has 20 heavy (non-hydrogen) atoms. The largest absolute Gasteiger partial charge is 0.345 e. The number of benzene rings is 1. The van der Waals surface area contributed by atoms with E-state index in [0.717, 1.165) is 11.3 Å². The van der Waals surface area contributed by atoms with Crippen molar-refractivity contribution >= 4 is 29.1 Å². The highest BCUT2D eigenvalue weighted by molar-refractivity contribution is 6.31. The van der Waals surface area contributed by atoms with Gasteiger partial charge in [-0.2, -0.15) is 0 Å². The van der Waals surface area contributed by atoms with Gasteiger partial charge in [-0.05, 0) is 44.0 Å². The number of amides is 2. The average Bonchev–Trinajstić information content (AvgIpc) is 2.82. The van der Waals surface area contributed by atoms with Gasteiger partial charge in [0.1, 0.15) is 5.92 Å². The molecule has 1 aromatic carbocycles. The summed E-state index contributed by atoms with van der Waals surface area (Å²) < 4.78 is 0. The molecule has 0 aliphatic carbocycles. The van der Waals surface area contributed by atoms with E-state index in [0.29, 0.717) is 24.5 Å². The third-order valence-electron chi connectivity index (χ3n) is 3.81. The van der Waals surface area contributed by atoms with Crippen molar-refractivity contribution < 1.29 is 9.59 Å². The van der Waals surface area contributed by atoms with E-state index >= 15 is 0 Å². The van der Waals surface area contributed by atoms with Crippen molar-refractivity contribution in [1.29, 1.82) is 0 Å². The number of rotatable bonds is 3. The van der Waals surface area contributed by atoms with Crippen LogP contribution in [0.3, 0.4) is 0 Å². The van der Waals surface area contributed by atoms with Gasteiger partial charge in [-0.15, -0.1) is 0 Å². The van der Waals surface area contributed by atoms with E-state index in [1.54, 1.807) is 22.9 Å². The van der Waals surface area contributed by atoms with E-state index < -0.39 is 5.92 Å². The highest BCUT2D eigenvalue weighted by Crippen LogP contribution is 2.29. The first-order valence-corrected chi connectivity index (χ1v) is 7.16. The van der Waals surface area contributed by atoms with Gasteiger partial charge in [0, 0.05) is 30.8 Å². The molecule has 1 unspecified atom stereocenters. The Hall–Kier alpha value is -1.55. The summed E-state index contributed by atoms with van der Waals surface area (Å²) in [6.07, 6.45) is 0.573. The predicted molar refractivity (Wildman–Crippen MR) is 80.0 cm³/mol. The summed E-state index contributed by atoms with van der Waals surface area (Å²) in [5, 5.41) is 0.679. The third-order valence-corrected chi connectivity index (χ3v) is 4.23. The van der Waals surface area contributed by atoms with Crippen LogP contribution in [0.2, 0.25) is 5.02 Å². The lowest BCUT2D eigenvalue weighted by Gasteiger charge is -2.20. The SMILES string of the molecule is CCN(C)C(=O)C1CCN(c2ccc(Cl)c(C)c2)C1=O. The minimum Gasteiger partial charge on any atom is -0.345 e. The molecule has 0 saturated carbocycles. The molecule has 5 heteroatoms. The quantitative estimate of drug-likeness (QED) is 0.804. The van der Waals surface area contributed by atoms with Crippen LogP contribution in [0.25, 0.3) is 0 Å². The number of carbonyl (C=O) groups excluding carboxylic acids is 2. The molecule has 1 aromatic rings. The zero-order chi connectivity index (χ0) is 14.9. The lowest BCUT2D eigenvalue weighted by molar-refractivity contribution is -0.138. The van der Waals surface area contributed by atoms with Gasteiger partial charge in [0.05, 0.1) is 0 Å². The highest BCUT2D eigenvalue weighted by Gasteiger charge is 2.38. The maximum Gasteiger partial charge on any atom is 0.239 e. The van der Waals surface area contributed by atoms with Gasteiger partial charge in [0.2, 0.25) is 11.8 Å². The van der Waals surface area contributed by atoms with Crippen molar-refractivity contribution in [3.05, 3.63) is 28.8 Å². The van der Waals surface area contributed by atoms with Crippen LogP contribution < -0.4 is 4.90 Å². The number of carbonyl (C=O) groups is 2. The van der Waals surface area contributed by atoms with Gasteiger partial charge in [-0.1, -0.05) is 11.6 Å². The van der Waals surface area contributed by atoms with E-state index in [9.17, 15) is 9.59 Å². The van der Waals surface area contributed by atoms with E-state index in [2.05, 4.69) is 0 Å². The van der Waals surface area contributed by atoms with Gasteiger partial charge in [-0.25, -0.2) is 0 Å². The molecule has 2 amide bonds. The second-order valence-corrected chi connectivity index (χ2v) is 5.52. The summed E-state index contributed by atoms with van der Waals surface area (Å²) in [6, 6.07) is 5.49. The van der Waals surface area contributed by atoms with Crippen LogP contribution in [-0.4, -0.2) is 36.9 Å². The molecular formula is C15H19ClN2O2. The molecular weight excluding hydrogens is 276 g/mol. The van der Waals surface area contributed by atoms with Gasteiger partial charge in [-0.3, -0.25) is 9.59 Å². The average molecular weight is 295 g/mol. The maximum atomic E-state index is 12.4. The minimum atomic E-state index is -0.545. The molecule has 1 heterocycles. The zero-order valence-corrected chi connectivity index (χ0v) is 12.8. The summed E-state index contributed by atoms with van der Waals surface area (Å²) >= 11 is 6.00. The van der Waals surface area contributed by atoms with E-state index in [4.69, 9.17) is 11.6 Å². The van der Waals surface area contributed by atoms with Crippen molar-refractivity contribution in [2.75, 3.05) is 25.0 Å². The summed E-state index contributed by atoms with van der Waals surface area (Å²) in [5.41, 5.74) is 1.74. The Balaban J connectivity index is 2.19. The lowest BCUT2D eigenvalue weighted by Crippen LogP contribution is -2.37. The maximum absolute atomic E-state index is 12.4. The van der Waals surface area contributed by atoms with Crippen molar-refractivity contribution in [1.82, 2.24) is 4.90 Å². The van der Waals surface area contributed by atoms with Gasteiger partial charge in [0.15, 0.2) is 0 Å². The topological polar surface area (TPSA) is 40.6 Å². The minimum absolute atomic E-state index is 0.0920. The fourth-order valence-corrected chi connectivity index (χ4v) is 2.50. The Morgan fingerprint density at radius 3 is 2.80 bits per heavy atom. The van der Waals surface area contributed by atoms with Crippen molar-refractivity contribution in [2.24, 2.45) is 5.92 Å². The number of hydrogen-bond acceptors (Lipinski definition) is 2. The molecule has 0 radical (unpaired) electrons. The number of aryl methyl sites for hydroxylation is 1. The Kier molecular flexibility index (Phi) is 4.33. The van der Waals surface area contributed by atoms with Crippen molar-refractivity contribution in [2.45, 2.75) is 20.3 Å². The van der Waals surface area contributed by atoms with Gasteiger partial charge >= 0.3 is 0 Å². The van der Waals surface area contributed by atoms with E-state index in [1.807, 2.05) is 26.0 Å². The van der Waals surface area contributed by atoms with Crippen LogP contribution in [0.5, 0.6) is 0 Å². The molecule has 4 nitrogen and oxygen atoms in total. The lowest BCUT2D eigenvalue weighted by atomic mass is 10.1. The van der Waals surface area contributed by atoms with Crippen LogP contribution in [-0.2, 0) is 9.59 Å². The molecule has 1 saturated heterocycles. The first-order valence-electron chi connectivity index (χ1n) is 6.78. The molecule has 0 bridgehead atoms. The number of halogens is 1. The summed E-state index contributed by atoms with van der Waals surface area (Å²) in [6.45, 7) is 4.99. The fraction of sp³-hybridized carbons (Fsp3) is 0.467. The third kappa shape index (κ3) is 2.66. The van der Waals surface area contributed by atoms with E-state index in [1.165, 1.54) is 0 Å². The first kappa shape index (κ1) is 14.9. The zero-order valence-electron chi connectivity index (χ0n) is 12.0. The van der Waals surface area contributed by atoms with Crippen molar-refractivity contribution in [3.8, 4) is 0 Å². The Labute approximate surface area is 124 Å². The molecule has 1 aliphatic rings. The van der Waals surface area contributed by atoms with Crippen LogP contribution in [0, 0.1) is 12.8 Å². The first-order chi connectivity index (χ1) is 9.45. The highest BCUT2D eigenvalue weighted by atomic mass is 35.5. The van der Waals surface area contributed by atoms with Crippen molar-refractivity contribution in [3.63, 3.8) is 0 Å². The van der Waals surface area contributed by atoms with Crippen LogP contribution in [0.1, 0.15) is 18.9 Å². The van der Waals surface area contributed by atoms with Gasteiger partial charge in [0.25, 0.3) is 0 Å². The summed E-state index contributed by atoms with van der Waals surface area (Å²) in [4.78, 5) is 27.8. The molecule has 108 valence electrons. The molecule has 0 aromatic heterocycles. The number of anilines is 1.